The molecule has 1 aliphatic carbocycles. The van der Waals surface area contributed by atoms with E-state index in [1.165, 1.54) is 11.0 Å². The van der Waals surface area contributed by atoms with Crippen LogP contribution in [0.4, 0.5) is 19.3 Å². The van der Waals surface area contributed by atoms with Gasteiger partial charge in [0.15, 0.2) is 15.7 Å². The number of nitrogens with one attached hydrogen (secondary N) is 1. The van der Waals surface area contributed by atoms with Crippen molar-refractivity contribution in [2.45, 2.75) is 49.6 Å². The van der Waals surface area contributed by atoms with Crippen molar-refractivity contribution in [2.75, 3.05) is 38.6 Å². The summed E-state index contributed by atoms with van der Waals surface area (Å²) in [6, 6.07) is 4.51. The zero-order valence-electron chi connectivity index (χ0n) is 22.9. The fourth-order valence-electron chi connectivity index (χ4n) is 5.09. The van der Waals surface area contributed by atoms with Gasteiger partial charge in [0.1, 0.15) is 5.69 Å². The van der Waals surface area contributed by atoms with Gasteiger partial charge in [-0.15, -0.1) is 10.2 Å². The summed E-state index contributed by atoms with van der Waals surface area (Å²) < 4.78 is 58.6. The van der Waals surface area contributed by atoms with Crippen LogP contribution in [-0.2, 0) is 10.0 Å². The first kappa shape index (κ1) is 27.7. The van der Waals surface area contributed by atoms with Crippen molar-refractivity contribution in [2.24, 2.45) is 0 Å². The summed E-state index contributed by atoms with van der Waals surface area (Å²) >= 11 is 0.710. The van der Waals surface area contributed by atoms with Gasteiger partial charge in [-0.05, 0) is 38.8 Å². The van der Waals surface area contributed by atoms with Crippen LogP contribution in [0.2, 0.25) is 0 Å². The Kier molecular flexibility index (Phi) is 6.61. The van der Waals surface area contributed by atoms with Crippen LogP contribution in [0.15, 0.2) is 29.3 Å². The monoisotopic (exact) mass is 605 g/mol. The quantitative estimate of drug-likeness (QED) is 0.354. The van der Waals surface area contributed by atoms with Crippen LogP contribution in [0.25, 0.3) is 27.3 Å². The van der Waals surface area contributed by atoms with Gasteiger partial charge in [-0.2, -0.15) is 5.10 Å². The Labute approximate surface area is 239 Å². The molecule has 1 saturated heterocycles. The smallest absolute Gasteiger partial charge is 0.319 e. The molecule has 218 valence electrons. The third kappa shape index (κ3) is 4.97. The van der Waals surface area contributed by atoms with Crippen molar-refractivity contribution in [1.29, 1.82) is 0 Å². The van der Waals surface area contributed by atoms with Gasteiger partial charge >= 0.3 is 6.03 Å². The van der Waals surface area contributed by atoms with E-state index >= 15 is 0 Å². The number of sulfonamides is 1. The lowest BCUT2D eigenvalue weighted by Gasteiger charge is -2.42. The first-order valence-electron chi connectivity index (χ1n) is 13.1. The molecule has 6 rings (SSSR count). The number of halogens is 2. The lowest BCUT2D eigenvalue weighted by atomic mass is 10.1. The van der Waals surface area contributed by atoms with E-state index in [0.717, 1.165) is 12.8 Å². The van der Waals surface area contributed by atoms with Crippen molar-refractivity contribution < 1.29 is 22.0 Å². The molecule has 1 aromatic carbocycles. The van der Waals surface area contributed by atoms with Gasteiger partial charge in [0.2, 0.25) is 10.0 Å². The second kappa shape index (κ2) is 9.80. The molecule has 2 aliphatic rings. The van der Waals surface area contributed by atoms with Crippen molar-refractivity contribution in [3.05, 3.63) is 29.4 Å². The fraction of sp³-hybridized carbons (Fsp3) is 0.480. The summed E-state index contributed by atoms with van der Waals surface area (Å²) in [7, 11) is -0.560. The summed E-state index contributed by atoms with van der Waals surface area (Å²) in [6.07, 6.45) is 0.224. The van der Waals surface area contributed by atoms with Crippen LogP contribution in [0.5, 0.6) is 0 Å². The Balaban J connectivity index is 1.57. The van der Waals surface area contributed by atoms with Crippen LogP contribution in [0, 0.1) is 0 Å². The molecule has 0 spiro atoms. The van der Waals surface area contributed by atoms with Gasteiger partial charge in [-0.1, -0.05) is 11.3 Å². The number of aromatic nitrogens is 5. The number of benzene rings is 1. The lowest BCUT2D eigenvalue weighted by molar-refractivity contribution is 0.147. The van der Waals surface area contributed by atoms with E-state index in [1.807, 2.05) is 18.7 Å². The van der Waals surface area contributed by atoms with Crippen LogP contribution < -0.4 is 9.62 Å². The summed E-state index contributed by atoms with van der Waals surface area (Å²) in [5.41, 5.74) is 1.29. The van der Waals surface area contributed by atoms with Crippen LogP contribution in [-0.4, -0.2) is 94.4 Å². The number of nitrogens with zero attached hydrogens (tertiary/aromatic N) is 8. The number of carbonyl (C=O) groups excluding carboxylic acids is 1. The molecule has 1 N–H and O–H groups in total. The third-order valence-electron chi connectivity index (χ3n) is 7.50. The Bertz CT molecular complexity index is 1770. The average Bonchev–Trinajstić information content (AvgIpc) is 3.30. The zero-order valence-corrected chi connectivity index (χ0v) is 24.5. The molecule has 4 aromatic rings. The van der Waals surface area contributed by atoms with Crippen molar-refractivity contribution in [3.63, 3.8) is 0 Å². The first-order valence-corrected chi connectivity index (χ1v) is 15.4. The van der Waals surface area contributed by atoms with Crippen molar-refractivity contribution >= 4 is 49.6 Å². The Morgan fingerprint density at radius 2 is 1.98 bits per heavy atom. The number of carbonyl (C=O) groups is 1. The molecule has 2 amide bonds. The molecule has 41 heavy (non-hydrogen) atoms. The van der Waals surface area contributed by atoms with Gasteiger partial charge in [-0.3, -0.25) is 0 Å². The minimum atomic E-state index is -3.96. The Hall–Kier alpha value is -3.50. The molecule has 0 bridgehead atoms. The normalized spacial score (nSPS) is 19.0. The van der Waals surface area contributed by atoms with E-state index in [9.17, 15) is 22.0 Å². The average molecular weight is 606 g/mol. The second-order valence-corrected chi connectivity index (χ2v) is 13.7. The molecular weight excluding hydrogens is 576 g/mol. The minimum Gasteiger partial charge on any atom is -0.366 e. The van der Waals surface area contributed by atoms with Crippen molar-refractivity contribution in [3.8, 4) is 10.7 Å². The number of hydrogen-bond acceptors (Lipinski definition) is 9. The standard InChI is InChI=1S/C25H29F2N9O3S2/c1-14-13-34(9-10-35(14)24(37)33(3)4)17-12-15(41(38,39)32-25(2)6-7-25)11-16-19(22-30-31-23(40-22)21(26)27)29-18-5-8-28-36(18)20(16)17/h5,8,11-12,14,21,32H,6-7,9-10,13H2,1-4H3. The molecule has 0 radical (unpaired) electrons. The van der Waals surface area contributed by atoms with Gasteiger partial charge in [0.25, 0.3) is 6.43 Å². The maximum atomic E-state index is 13.6. The van der Waals surface area contributed by atoms with Gasteiger partial charge < -0.3 is 14.7 Å². The molecule has 4 heterocycles. The molecule has 1 aliphatic heterocycles. The van der Waals surface area contributed by atoms with E-state index in [4.69, 9.17) is 0 Å². The highest BCUT2D eigenvalue weighted by molar-refractivity contribution is 7.89. The predicted octanol–water partition coefficient (Wildman–Crippen LogP) is 3.36. The number of hydrogen-bond donors (Lipinski definition) is 1. The van der Waals surface area contributed by atoms with Gasteiger partial charge in [0, 0.05) is 56.8 Å². The molecule has 1 atom stereocenters. The predicted molar refractivity (Wildman–Crippen MR) is 150 cm³/mol. The summed E-state index contributed by atoms with van der Waals surface area (Å²) in [4.78, 5) is 22.7. The maximum Gasteiger partial charge on any atom is 0.319 e. The summed E-state index contributed by atoms with van der Waals surface area (Å²) in [6.45, 7) is 5.07. The van der Waals surface area contributed by atoms with Crippen molar-refractivity contribution in [1.82, 2.24) is 39.3 Å². The summed E-state index contributed by atoms with van der Waals surface area (Å²) in [5, 5.41) is 12.1. The Morgan fingerprint density at radius 1 is 1.22 bits per heavy atom. The van der Waals surface area contributed by atoms with E-state index < -0.39 is 27.0 Å². The number of rotatable bonds is 6. The van der Waals surface area contributed by atoms with E-state index in [1.54, 1.807) is 41.8 Å². The lowest BCUT2D eigenvalue weighted by Crippen LogP contribution is -2.56. The highest BCUT2D eigenvalue weighted by Gasteiger charge is 2.42. The number of fused-ring (bicyclic) bond motifs is 3. The zero-order chi connectivity index (χ0) is 29.3. The molecule has 1 saturated carbocycles. The third-order valence-corrected chi connectivity index (χ3v) is 10.1. The highest BCUT2D eigenvalue weighted by atomic mass is 32.2. The first-order chi connectivity index (χ1) is 19.4. The van der Waals surface area contributed by atoms with E-state index in [0.29, 0.717) is 53.2 Å². The maximum absolute atomic E-state index is 13.6. The second-order valence-electron chi connectivity index (χ2n) is 11.0. The Morgan fingerprint density at radius 3 is 2.61 bits per heavy atom. The number of amides is 2. The molecule has 3 aromatic heterocycles. The number of alkyl halides is 2. The van der Waals surface area contributed by atoms with E-state index in [-0.39, 0.29) is 27.7 Å². The highest BCUT2D eigenvalue weighted by Crippen LogP contribution is 2.40. The fourth-order valence-corrected chi connectivity index (χ4v) is 7.31. The number of urea groups is 1. The SMILES string of the molecule is CC1CN(c2cc(S(=O)(=O)NC3(C)CC3)cc3c(-c4nnc(C(F)F)s4)nc4ccnn4c23)CCN1C(=O)N(C)C. The van der Waals surface area contributed by atoms with Crippen LogP contribution >= 0.6 is 11.3 Å². The summed E-state index contributed by atoms with van der Waals surface area (Å²) in [5.74, 6) is 0. The molecule has 12 nitrogen and oxygen atoms in total. The largest absolute Gasteiger partial charge is 0.366 e. The van der Waals surface area contributed by atoms with Gasteiger partial charge in [0.05, 0.1) is 22.3 Å². The molecule has 16 heteroatoms. The topological polar surface area (TPSA) is 129 Å². The van der Waals surface area contributed by atoms with Gasteiger partial charge in [-0.25, -0.2) is 36.2 Å². The minimum absolute atomic E-state index is 0.0146. The number of anilines is 1. The molecule has 2 fully saturated rings. The van der Waals surface area contributed by atoms with E-state index in [2.05, 4.69) is 25.0 Å². The van der Waals surface area contributed by atoms with Crippen LogP contribution in [0.1, 0.15) is 38.1 Å². The number of piperazine rings is 1. The molecule has 1 unspecified atom stereocenters. The molecular formula is C25H29F2N9O3S2. The van der Waals surface area contributed by atoms with Crippen LogP contribution in [0.3, 0.4) is 0 Å².